The van der Waals surface area contributed by atoms with Crippen LogP contribution in [0, 0.1) is 10.1 Å². The molecule has 0 aliphatic carbocycles. The molecule has 0 atom stereocenters. The Labute approximate surface area is 110 Å². The summed E-state index contributed by atoms with van der Waals surface area (Å²) in [5.74, 6) is 0.299. The van der Waals surface area contributed by atoms with E-state index < -0.39 is 10.4 Å². The maximum Gasteiger partial charge on any atom is 0.446 e. The first-order valence-electron chi connectivity index (χ1n) is 4.92. The first-order valence-corrected chi connectivity index (χ1v) is 6.27. The monoisotopic (exact) mass is 299 g/mol. The summed E-state index contributed by atoms with van der Waals surface area (Å²) in [6.45, 7) is 0. The standard InChI is InChI=1S/C10H9ClF3NO2S/c11-5-1-2-7-6-8(18-10(12,13)14)3-4-9(7)15(16)17/h3-4,6H,1-2,5H2. The Hall–Kier alpha value is -0.950. The molecule has 0 aromatic heterocycles. The van der Waals surface area contributed by atoms with E-state index in [9.17, 15) is 23.3 Å². The van der Waals surface area contributed by atoms with Crippen molar-refractivity contribution in [1.29, 1.82) is 0 Å². The van der Waals surface area contributed by atoms with Gasteiger partial charge in [0.2, 0.25) is 0 Å². The van der Waals surface area contributed by atoms with Crippen LogP contribution >= 0.6 is 23.4 Å². The zero-order chi connectivity index (χ0) is 13.8. The minimum Gasteiger partial charge on any atom is -0.258 e. The highest BCUT2D eigenvalue weighted by atomic mass is 35.5. The Balaban J connectivity index is 3.01. The van der Waals surface area contributed by atoms with E-state index in [4.69, 9.17) is 11.6 Å². The van der Waals surface area contributed by atoms with Crippen LogP contribution in [0.3, 0.4) is 0 Å². The summed E-state index contributed by atoms with van der Waals surface area (Å²) in [7, 11) is 0. The largest absolute Gasteiger partial charge is 0.446 e. The first kappa shape index (κ1) is 15.1. The fourth-order valence-corrected chi connectivity index (χ4v) is 2.13. The van der Waals surface area contributed by atoms with E-state index >= 15 is 0 Å². The minimum atomic E-state index is -4.40. The van der Waals surface area contributed by atoms with Crippen molar-refractivity contribution in [1.82, 2.24) is 0 Å². The quantitative estimate of drug-likeness (QED) is 0.351. The molecular formula is C10H9ClF3NO2S. The Bertz CT molecular complexity index is 440. The Kier molecular flexibility index (Phi) is 5.28. The SMILES string of the molecule is O=[N+]([O-])c1ccc(SC(F)(F)F)cc1CCCCl. The van der Waals surface area contributed by atoms with E-state index in [2.05, 4.69) is 0 Å². The fraction of sp³-hybridized carbons (Fsp3) is 0.400. The van der Waals surface area contributed by atoms with Gasteiger partial charge >= 0.3 is 5.51 Å². The molecule has 1 aromatic rings. The summed E-state index contributed by atoms with van der Waals surface area (Å²) in [5, 5.41) is 10.7. The molecule has 1 aromatic carbocycles. The van der Waals surface area contributed by atoms with Crippen molar-refractivity contribution < 1.29 is 18.1 Å². The molecule has 0 aliphatic rings. The highest BCUT2D eigenvalue weighted by Gasteiger charge is 2.30. The second kappa shape index (κ2) is 6.29. The first-order chi connectivity index (χ1) is 8.33. The van der Waals surface area contributed by atoms with Gasteiger partial charge in [-0.05, 0) is 36.7 Å². The molecule has 100 valence electrons. The van der Waals surface area contributed by atoms with Gasteiger partial charge in [-0.1, -0.05) is 0 Å². The van der Waals surface area contributed by atoms with Crippen molar-refractivity contribution >= 4 is 29.1 Å². The number of halogens is 4. The molecule has 0 amide bonds. The van der Waals surface area contributed by atoms with E-state index in [1.54, 1.807) is 0 Å². The molecule has 18 heavy (non-hydrogen) atoms. The van der Waals surface area contributed by atoms with E-state index in [0.29, 0.717) is 12.3 Å². The van der Waals surface area contributed by atoms with Gasteiger partial charge in [-0.15, -0.1) is 11.6 Å². The van der Waals surface area contributed by atoms with Crippen molar-refractivity contribution in [3.8, 4) is 0 Å². The molecule has 3 nitrogen and oxygen atoms in total. The third-order valence-corrected chi connectivity index (χ3v) is 3.05. The number of hydrogen-bond acceptors (Lipinski definition) is 3. The number of rotatable bonds is 5. The van der Waals surface area contributed by atoms with Crippen LogP contribution in [-0.2, 0) is 6.42 Å². The van der Waals surface area contributed by atoms with Crippen LogP contribution in [0.5, 0.6) is 0 Å². The lowest BCUT2D eigenvalue weighted by Crippen LogP contribution is -2.01. The average Bonchev–Trinajstić information content (AvgIpc) is 2.23. The minimum absolute atomic E-state index is 0.0577. The molecule has 0 radical (unpaired) electrons. The third-order valence-electron chi connectivity index (χ3n) is 2.06. The van der Waals surface area contributed by atoms with Crippen molar-refractivity contribution in [3.63, 3.8) is 0 Å². The summed E-state index contributed by atoms with van der Waals surface area (Å²) in [6.07, 6.45) is 0.759. The highest BCUT2D eigenvalue weighted by molar-refractivity contribution is 8.00. The Morgan fingerprint density at radius 2 is 2.06 bits per heavy atom. The molecule has 0 N–H and O–H groups in total. The van der Waals surface area contributed by atoms with Crippen LogP contribution in [0.1, 0.15) is 12.0 Å². The lowest BCUT2D eigenvalue weighted by Gasteiger charge is -2.08. The molecule has 0 heterocycles. The van der Waals surface area contributed by atoms with Gasteiger partial charge in [0, 0.05) is 22.4 Å². The number of benzene rings is 1. The maximum atomic E-state index is 12.2. The van der Waals surface area contributed by atoms with Gasteiger partial charge in [-0.2, -0.15) is 13.2 Å². The van der Waals surface area contributed by atoms with Crippen molar-refractivity contribution in [2.24, 2.45) is 0 Å². The van der Waals surface area contributed by atoms with Crippen LogP contribution in [-0.4, -0.2) is 16.3 Å². The number of thioether (sulfide) groups is 1. The molecule has 0 aliphatic heterocycles. The number of nitro benzene ring substituents is 1. The van der Waals surface area contributed by atoms with Crippen LogP contribution in [0.25, 0.3) is 0 Å². The normalized spacial score (nSPS) is 11.6. The predicted molar refractivity (Wildman–Crippen MR) is 64.0 cm³/mol. The van der Waals surface area contributed by atoms with Gasteiger partial charge < -0.3 is 0 Å². The van der Waals surface area contributed by atoms with Crippen LogP contribution in [0.4, 0.5) is 18.9 Å². The van der Waals surface area contributed by atoms with E-state index in [1.165, 1.54) is 6.07 Å². The third kappa shape index (κ3) is 4.73. The summed E-state index contributed by atoms with van der Waals surface area (Å²) in [6, 6.07) is 3.39. The van der Waals surface area contributed by atoms with Crippen LogP contribution in [0.15, 0.2) is 23.1 Å². The van der Waals surface area contributed by atoms with Gasteiger partial charge in [0.05, 0.1) is 4.92 Å². The van der Waals surface area contributed by atoms with Gasteiger partial charge in [0.25, 0.3) is 5.69 Å². The smallest absolute Gasteiger partial charge is 0.258 e. The highest BCUT2D eigenvalue weighted by Crippen LogP contribution is 2.38. The van der Waals surface area contributed by atoms with Crippen molar-refractivity contribution in [2.45, 2.75) is 23.2 Å². The van der Waals surface area contributed by atoms with E-state index in [0.717, 1.165) is 12.1 Å². The van der Waals surface area contributed by atoms with E-state index in [-0.39, 0.29) is 34.3 Å². The molecule has 8 heteroatoms. The number of nitro groups is 1. The zero-order valence-electron chi connectivity index (χ0n) is 9.04. The Morgan fingerprint density at radius 3 is 2.56 bits per heavy atom. The molecule has 0 unspecified atom stereocenters. The predicted octanol–water partition coefficient (Wildman–Crippen LogP) is 4.38. The number of nitrogens with zero attached hydrogens (tertiary/aromatic N) is 1. The molecule has 1 rings (SSSR count). The second-order valence-corrected chi connectivity index (χ2v) is 4.90. The fourth-order valence-electron chi connectivity index (χ4n) is 1.39. The van der Waals surface area contributed by atoms with Gasteiger partial charge in [-0.3, -0.25) is 10.1 Å². The lowest BCUT2D eigenvalue weighted by atomic mass is 10.1. The number of aryl methyl sites for hydroxylation is 1. The molecule has 0 saturated carbocycles. The van der Waals surface area contributed by atoms with Crippen molar-refractivity contribution in [2.75, 3.05) is 5.88 Å². The van der Waals surface area contributed by atoms with E-state index in [1.807, 2.05) is 0 Å². The molecule has 0 bridgehead atoms. The van der Waals surface area contributed by atoms with Crippen LogP contribution < -0.4 is 0 Å². The van der Waals surface area contributed by atoms with Crippen molar-refractivity contribution in [3.05, 3.63) is 33.9 Å². The van der Waals surface area contributed by atoms with Gasteiger partial charge in [0.15, 0.2) is 0 Å². The summed E-state index contributed by atoms with van der Waals surface area (Å²) >= 11 is 5.19. The second-order valence-electron chi connectivity index (χ2n) is 3.39. The number of alkyl halides is 4. The van der Waals surface area contributed by atoms with Crippen LogP contribution in [0.2, 0.25) is 0 Å². The topological polar surface area (TPSA) is 43.1 Å². The molecule has 0 fully saturated rings. The molecule has 0 saturated heterocycles. The number of hydrogen-bond donors (Lipinski definition) is 0. The molecule has 0 spiro atoms. The zero-order valence-corrected chi connectivity index (χ0v) is 10.6. The summed E-state index contributed by atoms with van der Waals surface area (Å²) in [4.78, 5) is 10.1. The van der Waals surface area contributed by atoms with Gasteiger partial charge in [0.1, 0.15) is 0 Å². The lowest BCUT2D eigenvalue weighted by molar-refractivity contribution is -0.385. The molecular weight excluding hydrogens is 291 g/mol. The average molecular weight is 300 g/mol. The Morgan fingerprint density at radius 1 is 1.39 bits per heavy atom. The summed E-state index contributed by atoms with van der Waals surface area (Å²) < 4.78 is 36.6. The maximum absolute atomic E-state index is 12.2. The summed E-state index contributed by atoms with van der Waals surface area (Å²) in [5.41, 5.74) is -4.30. The van der Waals surface area contributed by atoms with Gasteiger partial charge in [-0.25, -0.2) is 0 Å².